The number of carbonyl (C=O) groups excluding carboxylic acids is 1. The van der Waals surface area contributed by atoms with Crippen LogP contribution in [0.4, 0.5) is 0 Å². The summed E-state index contributed by atoms with van der Waals surface area (Å²) in [6.45, 7) is 4.13. The van der Waals surface area contributed by atoms with Gasteiger partial charge in [-0.2, -0.15) is 0 Å². The number of rotatable bonds is 5. The van der Waals surface area contributed by atoms with Gasteiger partial charge in [0.25, 0.3) is 0 Å². The van der Waals surface area contributed by atoms with Crippen LogP contribution in [0.25, 0.3) is 16.9 Å². The van der Waals surface area contributed by atoms with Crippen LogP contribution in [0.3, 0.4) is 0 Å². The third-order valence-corrected chi connectivity index (χ3v) is 4.25. The number of hydrogen-bond acceptors (Lipinski definition) is 2. The van der Waals surface area contributed by atoms with Gasteiger partial charge in [-0.3, -0.25) is 0 Å². The fourth-order valence-electron chi connectivity index (χ4n) is 2.95. The van der Waals surface area contributed by atoms with Gasteiger partial charge in [-0.15, -0.1) is 0 Å². The number of aliphatic carboxylic acids is 1. The second kappa shape index (κ2) is 6.75. The summed E-state index contributed by atoms with van der Waals surface area (Å²) in [5.74, 6) is -1.02. The number of carbonyl (C=O) groups is 1. The lowest BCUT2D eigenvalue weighted by molar-refractivity contribution is -0.305. The molecule has 0 unspecified atom stereocenters. The molecule has 3 nitrogen and oxygen atoms in total. The van der Waals surface area contributed by atoms with Crippen molar-refractivity contribution in [2.24, 2.45) is 0 Å². The van der Waals surface area contributed by atoms with Crippen molar-refractivity contribution in [3.8, 4) is 16.9 Å². The Bertz CT molecular complexity index is 860. The minimum atomic E-state index is -1.02. The molecule has 2 aromatic carbocycles. The minimum Gasteiger partial charge on any atom is -0.550 e. The summed E-state index contributed by atoms with van der Waals surface area (Å²) in [5, 5.41) is 10.9. The van der Waals surface area contributed by atoms with Gasteiger partial charge < -0.3 is 14.5 Å². The van der Waals surface area contributed by atoms with Crippen molar-refractivity contribution in [2.45, 2.75) is 26.7 Å². The molecule has 0 aliphatic rings. The Labute approximate surface area is 142 Å². The average Bonchev–Trinajstić information content (AvgIpc) is 2.98. The zero-order chi connectivity index (χ0) is 17.1. The molecule has 0 radical (unpaired) electrons. The predicted molar refractivity (Wildman–Crippen MR) is 94.0 cm³/mol. The van der Waals surface area contributed by atoms with Gasteiger partial charge in [0.1, 0.15) is 0 Å². The molecule has 0 aliphatic heterocycles. The molecule has 0 saturated heterocycles. The summed E-state index contributed by atoms with van der Waals surface area (Å²) in [6, 6.07) is 20.6. The molecule has 0 spiro atoms. The highest BCUT2D eigenvalue weighted by molar-refractivity contribution is 5.67. The van der Waals surface area contributed by atoms with Crippen molar-refractivity contribution < 1.29 is 9.90 Å². The van der Waals surface area contributed by atoms with E-state index in [0.29, 0.717) is 6.42 Å². The SMILES string of the molecule is Cc1ccc(-c2ccc(CCC(=O)[O-])n2-c2ccccc2C)cc1. The van der Waals surface area contributed by atoms with Crippen molar-refractivity contribution in [1.29, 1.82) is 0 Å². The Balaban J connectivity index is 2.14. The molecular weight excluding hydrogens is 298 g/mol. The summed E-state index contributed by atoms with van der Waals surface area (Å²) < 4.78 is 2.16. The Morgan fingerprint density at radius 1 is 0.958 bits per heavy atom. The molecule has 0 saturated carbocycles. The van der Waals surface area contributed by atoms with E-state index in [1.807, 2.05) is 18.2 Å². The molecule has 3 aromatic rings. The van der Waals surface area contributed by atoms with Crippen LogP contribution < -0.4 is 5.11 Å². The van der Waals surface area contributed by atoms with Gasteiger partial charge in [0.2, 0.25) is 0 Å². The first kappa shape index (κ1) is 16.1. The summed E-state index contributed by atoms with van der Waals surface area (Å²) in [7, 11) is 0. The van der Waals surface area contributed by atoms with E-state index in [0.717, 1.165) is 28.2 Å². The number of carboxylic acid groups (broad SMARTS) is 1. The van der Waals surface area contributed by atoms with Crippen molar-refractivity contribution in [1.82, 2.24) is 4.57 Å². The molecule has 0 fully saturated rings. The second-order valence-electron chi connectivity index (χ2n) is 6.07. The van der Waals surface area contributed by atoms with E-state index >= 15 is 0 Å². The second-order valence-corrected chi connectivity index (χ2v) is 6.07. The van der Waals surface area contributed by atoms with E-state index in [9.17, 15) is 9.90 Å². The Morgan fingerprint density at radius 2 is 1.67 bits per heavy atom. The summed E-state index contributed by atoms with van der Waals surface area (Å²) in [4.78, 5) is 10.9. The Morgan fingerprint density at radius 3 is 2.33 bits per heavy atom. The molecule has 0 aliphatic carbocycles. The van der Waals surface area contributed by atoms with Crippen molar-refractivity contribution >= 4 is 5.97 Å². The van der Waals surface area contributed by atoms with Crippen LogP contribution in [0.15, 0.2) is 60.7 Å². The Hall–Kier alpha value is -2.81. The van der Waals surface area contributed by atoms with E-state index in [1.165, 1.54) is 5.56 Å². The maximum atomic E-state index is 10.9. The molecule has 0 amide bonds. The average molecular weight is 318 g/mol. The first-order chi connectivity index (χ1) is 11.6. The van der Waals surface area contributed by atoms with Gasteiger partial charge in [0.05, 0.1) is 5.69 Å². The topological polar surface area (TPSA) is 45.1 Å². The van der Waals surface area contributed by atoms with Gasteiger partial charge in [-0.1, -0.05) is 48.0 Å². The molecule has 3 rings (SSSR count). The van der Waals surface area contributed by atoms with Gasteiger partial charge in [-0.25, -0.2) is 0 Å². The molecule has 24 heavy (non-hydrogen) atoms. The van der Waals surface area contributed by atoms with Gasteiger partial charge in [-0.05, 0) is 56.0 Å². The van der Waals surface area contributed by atoms with Crippen molar-refractivity contribution in [2.75, 3.05) is 0 Å². The van der Waals surface area contributed by atoms with E-state index in [1.54, 1.807) is 0 Å². The highest BCUT2D eigenvalue weighted by Crippen LogP contribution is 2.29. The quantitative estimate of drug-likeness (QED) is 0.723. The number of nitrogens with zero attached hydrogens (tertiary/aromatic N) is 1. The number of hydrogen-bond donors (Lipinski definition) is 0. The lowest BCUT2D eigenvalue weighted by Gasteiger charge is -2.16. The van der Waals surface area contributed by atoms with Gasteiger partial charge in [0, 0.05) is 17.4 Å². The molecule has 0 bridgehead atoms. The van der Waals surface area contributed by atoms with Crippen LogP contribution in [0.1, 0.15) is 23.2 Å². The maximum Gasteiger partial charge on any atom is 0.0531 e. The van der Waals surface area contributed by atoms with Crippen molar-refractivity contribution in [3.63, 3.8) is 0 Å². The predicted octanol–water partition coefficient (Wildman–Crippen LogP) is 3.44. The highest BCUT2D eigenvalue weighted by atomic mass is 16.4. The minimum absolute atomic E-state index is 0.0171. The van der Waals surface area contributed by atoms with Crippen LogP contribution in [-0.2, 0) is 11.2 Å². The monoisotopic (exact) mass is 318 g/mol. The third-order valence-electron chi connectivity index (χ3n) is 4.25. The van der Waals surface area contributed by atoms with Crippen LogP contribution in [-0.4, -0.2) is 10.5 Å². The largest absolute Gasteiger partial charge is 0.550 e. The van der Waals surface area contributed by atoms with E-state index in [4.69, 9.17) is 0 Å². The van der Waals surface area contributed by atoms with Crippen molar-refractivity contribution in [3.05, 3.63) is 77.5 Å². The molecule has 122 valence electrons. The van der Waals surface area contributed by atoms with Crippen LogP contribution in [0.5, 0.6) is 0 Å². The zero-order valence-electron chi connectivity index (χ0n) is 14.0. The number of aryl methyl sites for hydroxylation is 3. The van der Waals surface area contributed by atoms with E-state index in [2.05, 4.69) is 60.9 Å². The molecule has 1 aromatic heterocycles. The number of aromatic nitrogens is 1. The highest BCUT2D eigenvalue weighted by Gasteiger charge is 2.13. The summed E-state index contributed by atoms with van der Waals surface area (Å²) in [6.07, 6.45) is 0.464. The van der Waals surface area contributed by atoms with Crippen LogP contribution >= 0.6 is 0 Å². The molecule has 1 heterocycles. The Kier molecular flexibility index (Phi) is 4.52. The molecular formula is C21H20NO2-. The first-order valence-electron chi connectivity index (χ1n) is 8.10. The maximum absolute atomic E-state index is 10.9. The molecule has 3 heteroatoms. The fraction of sp³-hybridized carbons (Fsp3) is 0.190. The summed E-state index contributed by atoms with van der Waals surface area (Å²) >= 11 is 0. The van der Waals surface area contributed by atoms with Gasteiger partial charge in [0.15, 0.2) is 0 Å². The van der Waals surface area contributed by atoms with E-state index in [-0.39, 0.29) is 6.42 Å². The van der Waals surface area contributed by atoms with Gasteiger partial charge >= 0.3 is 0 Å². The normalized spacial score (nSPS) is 10.8. The zero-order valence-corrected chi connectivity index (χ0v) is 14.0. The molecule has 0 N–H and O–H groups in total. The fourth-order valence-corrected chi connectivity index (χ4v) is 2.95. The number of para-hydroxylation sites is 1. The van der Waals surface area contributed by atoms with Crippen LogP contribution in [0.2, 0.25) is 0 Å². The molecule has 0 atom stereocenters. The number of benzene rings is 2. The smallest absolute Gasteiger partial charge is 0.0531 e. The lowest BCUT2D eigenvalue weighted by atomic mass is 10.1. The summed E-state index contributed by atoms with van der Waals surface area (Å²) in [5.41, 5.74) is 6.60. The number of carboxylic acids is 1. The first-order valence-corrected chi connectivity index (χ1v) is 8.10. The van der Waals surface area contributed by atoms with Crippen LogP contribution in [0, 0.1) is 13.8 Å². The third kappa shape index (κ3) is 3.25. The van der Waals surface area contributed by atoms with E-state index < -0.39 is 5.97 Å². The standard InChI is InChI=1S/C21H21NO2/c1-15-7-9-17(10-8-15)20-13-11-18(12-14-21(23)24)22(20)19-6-4-3-5-16(19)2/h3-11,13H,12,14H2,1-2H3,(H,23,24)/p-1. The lowest BCUT2D eigenvalue weighted by Crippen LogP contribution is -2.22.